The van der Waals surface area contributed by atoms with Gasteiger partial charge in [-0.3, -0.25) is 9.59 Å². The third kappa shape index (κ3) is 5.36. The zero-order chi connectivity index (χ0) is 15.5. The largest absolute Gasteiger partial charge is 0.481 e. The number of aromatic nitrogens is 1. The maximum Gasteiger partial charge on any atom is 0.305 e. The minimum atomic E-state index is -0.910. The fourth-order valence-corrected chi connectivity index (χ4v) is 2.66. The van der Waals surface area contributed by atoms with Gasteiger partial charge in [-0.2, -0.15) is 0 Å². The summed E-state index contributed by atoms with van der Waals surface area (Å²) < 4.78 is 2.52. The Kier molecular flexibility index (Phi) is 5.39. The van der Waals surface area contributed by atoms with Gasteiger partial charge in [0, 0.05) is 23.8 Å². The summed E-state index contributed by atoms with van der Waals surface area (Å²) >= 11 is 3.31. The molecule has 0 radical (unpaired) electrons. The van der Waals surface area contributed by atoms with Crippen molar-refractivity contribution in [2.45, 2.75) is 39.7 Å². The first-order valence-electron chi connectivity index (χ1n) is 6.43. The minimum Gasteiger partial charge on any atom is -0.481 e. The third-order valence-corrected chi connectivity index (χ3v) is 3.25. The number of aliphatic carboxylic acids is 1. The molecular weight excluding hydrogens is 324 g/mol. The van der Waals surface area contributed by atoms with Crippen LogP contribution in [0.15, 0.2) is 16.7 Å². The molecule has 0 aliphatic rings. The van der Waals surface area contributed by atoms with Crippen molar-refractivity contribution in [2.75, 3.05) is 0 Å². The number of carboxylic acids is 1. The van der Waals surface area contributed by atoms with Gasteiger partial charge < -0.3 is 15.0 Å². The van der Waals surface area contributed by atoms with Crippen LogP contribution in [0.25, 0.3) is 0 Å². The van der Waals surface area contributed by atoms with Crippen LogP contribution in [0.2, 0.25) is 0 Å². The maximum atomic E-state index is 12.2. The van der Waals surface area contributed by atoms with Gasteiger partial charge in [0.2, 0.25) is 0 Å². The molecule has 1 rings (SSSR count). The number of halogens is 1. The highest BCUT2D eigenvalue weighted by atomic mass is 79.9. The lowest BCUT2D eigenvalue weighted by molar-refractivity contribution is -0.137. The van der Waals surface area contributed by atoms with Crippen molar-refractivity contribution < 1.29 is 14.7 Å². The van der Waals surface area contributed by atoms with Crippen molar-refractivity contribution in [3.63, 3.8) is 0 Å². The fraction of sp³-hybridized carbons (Fsp3) is 0.571. The monoisotopic (exact) mass is 344 g/mol. The van der Waals surface area contributed by atoms with Crippen molar-refractivity contribution in [3.8, 4) is 0 Å². The van der Waals surface area contributed by atoms with Crippen molar-refractivity contribution in [1.29, 1.82) is 0 Å². The van der Waals surface area contributed by atoms with Crippen LogP contribution in [0.4, 0.5) is 0 Å². The van der Waals surface area contributed by atoms with Crippen LogP contribution in [0, 0.1) is 5.41 Å². The average Bonchev–Trinajstić information content (AvgIpc) is 2.53. The van der Waals surface area contributed by atoms with Gasteiger partial charge in [0.1, 0.15) is 5.69 Å². The van der Waals surface area contributed by atoms with Crippen LogP contribution < -0.4 is 5.32 Å². The summed E-state index contributed by atoms with van der Waals surface area (Å²) in [6.45, 7) is 6.06. The second-order valence-electron chi connectivity index (χ2n) is 6.19. The lowest BCUT2D eigenvalue weighted by Gasteiger charge is -2.25. The van der Waals surface area contributed by atoms with Gasteiger partial charge in [0.05, 0.1) is 6.42 Å². The molecule has 112 valence electrons. The first kappa shape index (κ1) is 16.8. The van der Waals surface area contributed by atoms with E-state index in [2.05, 4.69) is 21.2 Å². The minimum absolute atomic E-state index is 0.0534. The van der Waals surface area contributed by atoms with Crippen LogP contribution in [0.3, 0.4) is 0 Å². The van der Waals surface area contributed by atoms with Crippen molar-refractivity contribution >= 4 is 27.8 Å². The topological polar surface area (TPSA) is 71.3 Å². The summed E-state index contributed by atoms with van der Waals surface area (Å²) in [5, 5.41) is 11.8. The second-order valence-corrected chi connectivity index (χ2v) is 7.10. The van der Waals surface area contributed by atoms with E-state index in [1.807, 2.05) is 20.8 Å². The van der Waals surface area contributed by atoms with E-state index in [0.29, 0.717) is 12.1 Å². The smallest absolute Gasteiger partial charge is 0.305 e. The predicted octanol–water partition coefficient (Wildman–Crippen LogP) is 2.80. The third-order valence-electron chi connectivity index (χ3n) is 2.82. The Bertz CT molecular complexity index is 503. The molecule has 1 unspecified atom stereocenters. The molecule has 1 aromatic rings. The molecule has 1 amide bonds. The molecule has 0 aromatic carbocycles. The summed E-state index contributed by atoms with van der Waals surface area (Å²) in [7, 11) is 1.77. The van der Waals surface area contributed by atoms with E-state index in [0.717, 1.165) is 4.47 Å². The number of carbonyl (C=O) groups is 2. The molecule has 5 nitrogen and oxygen atoms in total. The number of hydrogen-bond acceptors (Lipinski definition) is 2. The Balaban J connectivity index is 2.81. The summed E-state index contributed by atoms with van der Waals surface area (Å²) in [6, 6.07) is 1.33. The highest BCUT2D eigenvalue weighted by Gasteiger charge is 2.24. The molecule has 20 heavy (non-hydrogen) atoms. The van der Waals surface area contributed by atoms with E-state index in [1.165, 1.54) is 0 Å². The molecule has 0 bridgehead atoms. The van der Waals surface area contributed by atoms with E-state index in [-0.39, 0.29) is 23.8 Å². The van der Waals surface area contributed by atoms with Crippen molar-refractivity contribution in [2.24, 2.45) is 12.5 Å². The Morgan fingerprint density at radius 2 is 2.05 bits per heavy atom. The molecular formula is C14H21BrN2O3. The van der Waals surface area contributed by atoms with Crippen LogP contribution in [0.5, 0.6) is 0 Å². The molecule has 0 aliphatic carbocycles. The van der Waals surface area contributed by atoms with Gasteiger partial charge >= 0.3 is 5.97 Å². The summed E-state index contributed by atoms with van der Waals surface area (Å²) in [5.41, 5.74) is 0.448. The van der Waals surface area contributed by atoms with E-state index in [4.69, 9.17) is 5.11 Å². The number of nitrogens with one attached hydrogen (secondary N) is 1. The van der Waals surface area contributed by atoms with Gasteiger partial charge in [-0.15, -0.1) is 0 Å². The second kappa shape index (κ2) is 6.43. The zero-order valence-electron chi connectivity index (χ0n) is 12.2. The Hall–Kier alpha value is -1.30. The zero-order valence-corrected chi connectivity index (χ0v) is 13.8. The number of nitrogens with zero attached hydrogens (tertiary/aromatic N) is 1. The van der Waals surface area contributed by atoms with Crippen LogP contribution in [-0.2, 0) is 11.8 Å². The lowest BCUT2D eigenvalue weighted by Crippen LogP contribution is -2.39. The standard InChI is InChI=1S/C14H21BrN2O3/c1-14(2,3)7-10(6-12(18)19)16-13(20)11-5-9(15)8-17(11)4/h5,8,10H,6-7H2,1-4H3,(H,16,20)(H,18,19). The van der Waals surface area contributed by atoms with Gasteiger partial charge in [-0.25, -0.2) is 0 Å². The maximum absolute atomic E-state index is 12.2. The molecule has 1 atom stereocenters. The Labute approximate surface area is 127 Å². The molecule has 0 saturated heterocycles. The van der Waals surface area contributed by atoms with Gasteiger partial charge in [-0.05, 0) is 33.8 Å². The summed E-state index contributed by atoms with van der Waals surface area (Å²) in [6.07, 6.45) is 2.32. The number of amides is 1. The number of hydrogen-bond donors (Lipinski definition) is 2. The average molecular weight is 345 g/mol. The van der Waals surface area contributed by atoms with Crippen molar-refractivity contribution in [1.82, 2.24) is 9.88 Å². The predicted molar refractivity (Wildman–Crippen MR) is 80.7 cm³/mol. The van der Waals surface area contributed by atoms with Crippen LogP contribution in [-0.4, -0.2) is 27.6 Å². The van der Waals surface area contributed by atoms with E-state index >= 15 is 0 Å². The number of rotatable bonds is 5. The molecule has 0 fully saturated rings. The first-order chi connectivity index (χ1) is 9.08. The molecule has 6 heteroatoms. The SMILES string of the molecule is Cn1cc(Br)cc1C(=O)NC(CC(=O)O)CC(C)(C)C. The van der Waals surface area contributed by atoms with Gasteiger partial charge in [-0.1, -0.05) is 20.8 Å². The van der Waals surface area contributed by atoms with E-state index in [9.17, 15) is 9.59 Å². The van der Waals surface area contributed by atoms with Crippen molar-refractivity contribution in [3.05, 3.63) is 22.4 Å². The van der Waals surface area contributed by atoms with Gasteiger partial charge in [0.15, 0.2) is 0 Å². The van der Waals surface area contributed by atoms with E-state index < -0.39 is 5.97 Å². The molecule has 1 aromatic heterocycles. The summed E-state index contributed by atoms with van der Waals surface area (Å²) in [5.74, 6) is -1.17. The Morgan fingerprint density at radius 1 is 1.45 bits per heavy atom. The number of aryl methyl sites for hydroxylation is 1. The van der Waals surface area contributed by atoms with Crippen LogP contribution >= 0.6 is 15.9 Å². The highest BCUT2D eigenvalue weighted by Crippen LogP contribution is 2.22. The van der Waals surface area contributed by atoms with Gasteiger partial charge in [0.25, 0.3) is 5.91 Å². The molecule has 0 saturated carbocycles. The fourth-order valence-electron chi connectivity index (χ4n) is 2.13. The summed E-state index contributed by atoms with van der Waals surface area (Å²) in [4.78, 5) is 23.1. The number of carbonyl (C=O) groups excluding carboxylic acids is 1. The molecule has 1 heterocycles. The van der Waals surface area contributed by atoms with Crippen LogP contribution in [0.1, 0.15) is 44.1 Å². The quantitative estimate of drug-likeness (QED) is 0.862. The first-order valence-corrected chi connectivity index (χ1v) is 7.22. The Morgan fingerprint density at radius 3 is 2.45 bits per heavy atom. The normalized spacial score (nSPS) is 13.1. The molecule has 0 spiro atoms. The molecule has 2 N–H and O–H groups in total. The molecule has 0 aliphatic heterocycles. The number of carboxylic acid groups (broad SMARTS) is 1. The van der Waals surface area contributed by atoms with E-state index in [1.54, 1.807) is 23.9 Å². The highest BCUT2D eigenvalue weighted by molar-refractivity contribution is 9.10. The lowest BCUT2D eigenvalue weighted by atomic mass is 9.87.